The van der Waals surface area contributed by atoms with Crippen molar-refractivity contribution in [3.63, 3.8) is 0 Å². The molecule has 1 saturated heterocycles. The largest absolute Gasteiger partial charge is 0.379 e. The fourth-order valence-corrected chi connectivity index (χ4v) is 3.79. The van der Waals surface area contributed by atoms with Crippen molar-refractivity contribution in [3.05, 3.63) is 21.9 Å². The Morgan fingerprint density at radius 2 is 2.14 bits per heavy atom. The minimum absolute atomic E-state index is 0.0514. The zero-order valence-electron chi connectivity index (χ0n) is 14.1. The van der Waals surface area contributed by atoms with Crippen LogP contribution >= 0.6 is 11.3 Å². The Hall–Kier alpha value is -0.910. The first-order valence-corrected chi connectivity index (χ1v) is 8.79. The number of nitrogens with zero attached hydrogens (tertiary/aromatic N) is 1. The predicted octanol–water partition coefficient (Wildman–Crippen LogP) is 2.55. The molecule has 1 aromatic rings. The van der Waals surface area contributed by atoms with Crippen LogP contribution in [0.4, 0.5) is 0 Å². The number of thiophene rings is 1. The summed E-state index contributed by atoms with van der Waals surface area (Å²) in [6, 6.07) is 4.18. The van der Waals surface area contributed by atoms with Crippen LogP contribution in [0.15, 0.2) is 12.1 Å². The van der Waals surface area contributed by atoms with Crippen LogP contribution in [0.3, 0.4) is 0 Å². The van der Waals surface area contributed by atoms with Crippen molar-refractivity contribution in [2.75, 3.05) is 19.6 Å². The maximum atomic E-state index is 12.6. The van der Waals surface area contributed by atoms with E-state index >= 15 is 0 Å². The standard InChI is InChI=1S/C17H28N2O2S/c1-13-6-7-14(22-13)10-18-11-17(21)8-5-9-19(15(17)20)12-16(2,3)4/h6-7,18,21H,5,8-12H2,1-4H3/t17-/m1/s1. The molecule has 0 spiro atoms. The molecule has 22 heavy (non-hydrogen) atoms. The van der Waals surface area contributed by atoms with E-state index in [-0.39, 0.29) is 11.3 Å². The van der Waals surface area contributed by atoms with Gasteiger partial charge in [0.2, 0.25) is 0 Å². The first-order chi connectivity index (χ1) is 10.2. The SMILES string of the molecule is Cc1ccc(CNC[C@]2(O)CCCN(CC(C)(C)C)C2=O)s1. The summed E-state index contributed by atoms with van der Waals surface area (Å²) in [5.41, 5.74) is -1.20. The summed E-state index contributed by atoms with van der Waals surface area (Å²) in [5, 5.41) is 14.0. The molecule has 0 radical (unpaired) electrons. The van der Waals surface area contributed by atoms with Crippen molar-refractivity contribution in [2.24, 2.45) is 5.41 Å². The Kier molecular flexibility index (Phi) is 5.30. The summed E-state index contributed by atoms with van der Waals surface area (Å²) in [4.78, 5) is 16.9. The zero-order valence-corrected chi connectivity index (χ0v) is 14.9. The minimum Gasteiger partial charge on any atom is -0.379 e. The van der Waals surface area contributed by atoms with Crippen LogP contribution in [-0.2, 0) is 11.3 Å². The number of rotatable bonds is 5. The molecule has 1 atom stereocenters. The number of aryl methyl sites for hydroxylation is 1. The summed E-state index contributed by atoms with van der Waals surface area (Å²) in [6.45, 7) is 10.9. The lowest BCUT2D eigenvalue weighted by molar-refractivity contribution is -0.158. The van der Waals surface area contributed by atoms with Gasteiger partial charge >= 0.3 is 0 Å². The molecule has 5 heteroatoms. The Labute approximate surface area is 137 Å². The van der Waals surface area contributed by atoms with Crippen molar-refractivity contribution in [3.8, 4) is 0 Å². The predicted molar refractivity (Wildman–Crippen MR) is 91.0 cm³/mol. The third-order valence-corrected chi connectivity index (χ3v) is 4.88. The molecule has 124 valence electrons. The highest BCUT2D eigenvalue weighted by Crippen LogP contribution is 2.26. The second-order valence-electron chi connectivity index (χ2n) is 7.54. The van der Waals surface area contributed by atoms with Crippen LogP contribution in [0.5, 0.6) is 0 Å². The van der Waals surface area contributed by atoms with Gasteiger partial charge in [0.15, 0.2) is 5.60 Å². The molecule has 1 aromatic heterocycles. The van der Waals surface area contributed by atoms with Gasteiger partial charge in [-0.15, -0.1) is 11.3 Å². The van der Waals surface area contributed by atoms with E-state index in [0.717, 1.165) is 13.0 Å². The lowest BCUT2D eigenvalue weighted by Crippen LogP contribution is -2.59. The van der Waals surface area contributed by atoms with E-state index in [0.29, 0.717) is 26.1 Å². The van der Waals surface area contributed by atoms with Crippen LogP contribution < -0.4 is 5.32 Å². The molecule has 4 nitrogen and oxygen atoms in total. The molecule has 0 saturated carbocycles. The Morgan fingerprint density at radius 3 is 2.73 bits per heavy atom. The summed E-state index contributed by atoms with van der Waals surface area (Å²) < 4.78 is 0. The van der Waals surface area contributed by atoms with E-state index in [2.05, 4.69) is 45.1 Å². The Balaban J connectivity index is 1.91. The van der Waals surface area contributed by atoms with E-state index in [1.165, 1.54) is 9.75 Å². The van der Waals surface area contributed by atoms with Gasteiger partial charge in [0, 0.05) is 35.9 Å². The third-order valence-electron chi connectivity index (χ3n) is 3.88. The Bertz CT molecular complexity index is 521. The molecule has 1 aliphatic rings. The maximum absolute atomic E-state index is 12.6. The van der Waals surface area contributed by atoms with Gasteiger partial charge in [-0.1, -0.05) is 20.8 Å². The number of piperidine rings is 1. The smallest absolute Gasteiger partial charge is 0.255 e. The number of carbonyl (C=O) groups excluding carboxylic acids is 1. The molecular weight excluding hydrogens is 296 g/mol. The van der Waals surface area contributed by atoms with Crippen LogP contribution in [-0.4, -0.2) is 41.1 Å². The number of amides is 1. The molecule has 2 N–H and O–H groups in total. The number of carbonyl (C=O) groups is 1. The van der Waals surface area contributed by atoms with Gasteiger partial charge < -0.3 is 15.3 Å². The van der Waals surface area contributed by atoms with E-state index in [9.17, 15) is 9.90 Å². The summed E-state index contributed by atoms with van der Waals surface area (Å²) in [5.74, 6) is -0.122. The average Bonchev–Trinajstić information content (AvgIpc) is 2.80. The molecule has 0 unspecified atom stereocenters. The van der Waals surface area contributed by atoms with Crippen molar-refractivity contribution < 1.29 is 9.90 Å². The fourth-order valence-electron chi connectivity index (χ4n) is 2.93. The molecule has 2 heterocycles. The number of aliphatic hydroxyl groups is 1. The highest BCUT2D eigenvalue weighted by atomic mass is 32.1. The van der Waals surface area contributed by atoms with Crippen molar-refractivity contribution in [1.29, 1.82) is 0 Å². The van der Waals surface area contributed by atoms with Gasteiger partial charge in [0.25, 0.3) is 5.91 Å². The normalized spacial score (nSPS) is 23.1. The third kappa shape index (κ3) is 4.54. The highest BCUT2D eigenvalue weighted by Gasteiger charge is 2.42. The molecule has 0 bridgehead atoms. The van der Waals surface area contributed by atoms with Crippen LogP contribution in [0.1, 0.15) is 43.4 Å². The van der Waals surface area contributed by atoms with E-state index in [4.69, 9.17) is 0 Å². The van der Waals surface area contributed by atoms with Crippen LogP contribution in [0.2, 0.25) is 0 Å². The van der Waals surface area contributed by atoms with Crippen LogP contribution in [0, 0.1) is 12.3 Å². The lowest BCUT2D eigenvalue weighted by atomic mass is 9.88. The minimum atomic E-state index is -1.25. The molecule has 1 amide bonds. The molecule has 0 aliphatic carbocycles. The summed E-state index contributed by atoms with van der Waals surface area (Å²) in [6.07, 6.45) is 1.40. The van der Waals surface area contributed by atoms with E-state index in [1.807, 2.05) is 4.90 Å². The number of nitrogens with one attached hydrogen (secondary N) is 1. The highest BCUT2D eigenvalue weighted by molar-refractivity contribution is 7.11. The van der Waals surface area contributed by atoms with Crippen molar-refractivity contribution >= 4 is 17.2 Å². The second kappa shape index (κ2) is 6.69. The average molecular weight is 324 g/mol. The number of likely N-dealkylation sites (tertiary alicyclic amines) is 1. The maximum Gasteiger partial charge on any atom is 0.255 e. The van der Waals surface area contributed by atoms with Gasteiger partial charge in [-0.2, -0.15) is 0 Å². The monoisotopic (exact) mass is 324 g/mol. The Morgan fingerprint density at radius 1 is 1.41 bits per heavy atom. The lowest BCUT2D eigenvalue weighted by Gasteiger charge is -2.41. The van der Waals surface area contributed by atoms with Crippen molar-refractivity contribution in [2.45, 2.75) is 52.7 Å². The fraction of sp³-hybridized carbons (Fsp3) is 0.706. The molecular formula is C17H28N2O2S. The first kappa shape index (κ1) is 17.4. The van der Waals surface area contributed by atoms with Crippen molar-refractivity contribution in [1.82, 2.24) is 10.2 Å². The van der Waals surface area contributed by atoms with E-state index in [1.54, 1.807) is 11.3 Å². The molecule has 2 rings (SSSR count). The molecule has 0 aromatic carbocycles. The molecule has 1 fully saturated rings. The first-order valence-electron chi connectivity index (χ1n) is 7.97. The number of hydrogen-bond donors (Lipinski definition) is 2. The van der Waals surface area contributed by atoms with Gasteiger partial charge in [-0.25, -0.2) is 0 Å². The van der Waals surface area contributed by atoms with Gasteiger partial charge in [-0.3, -0.25) is 4.79 Å². The number of hydrogen-bond acceptors (Lipinski definition) is 4. The molecule has 1 aliphatic heterocycles. The van der Waals surface area contributed by atoms with Gasteiger partial charge in [0.05, 0.1) is 0 Å². The van der Waals surface area contributed by atoms with Gasteiger partial charge in [0.1, 0.15) is 0 Å². The van der Waals surface area contributed by atoms with E-state index < -0.39 is 5.60 Å². The summed E-state index contributed by atoms with van der Waals surface area (Å²) in [7, 11) is 0. The quantitative estimate of drug-likeness (QED) is 0.875. The second-order valence-corrected chi connectivity index (χ2v) is 8.91. The topological polar surface area (TPSA) is 52.6 Å². The van der Waals surface area contributed by atoms with Crippen LogP contribution in [0.25, 0.3) is 0 Å². The van der Waals surface area contributed by atoms with Gasteiger partial charge in [-0.05, 0) is 37.3 Å². The zero-order chi connectivity index (χ0) is 16.4. The summed E-state index contributed by atoms with van der Waals surface area (Å²) >= 11 is 1.74.